The van der Waals surface area contributed by atoms with E-state index in [2.05, 4.69) is 10.3 Å². The van der Waals surface area contributed by atoms with Crippen LogP contribution in [0.3, 0.4) is 0 Å². The molecule has 1 aromatic heterocycles. The van der Waals surface area contributed by atoms with Gasteiger partial charge in [0.25, 0.3) is 0 Å². The molecule has 0 unspecified atom stereocenters. The van der Waals surface area contributed by atoms with Crippen LogP contribution < -0.4 is 5.32 Å². The van der Waals surface area contributed by atoms with Gasteiger partial charge in [0, 0.05) is 31.7 Å². The van der Waals surface area contributed by atoms with Crippen LogP contribution >= 0.6 is 0 Å². The molecular formula is C16H19N3O. The molecule has 1 heterocycles. The summed E-state index contributed by atoms with van der Waals surface area (Å²) in [6.45, 7) is 4.54. The van der Waals surface area contributed by atoms with E-state index >= 15 is 0 Å². The van der Waals surface area contributed by atoms with Crippen molar-refractivity contribution in [2.45, 2.75) is 20.4 Å². The zero-order valence-electron chi connectivity index (χ0n) is 12.1. The molecule has 2 rings (SSSR count). The Morgan fingerprint density at radius 2 is 1.75 bits per heavy atom. The first kappa shape index (κ1) is 14.1. The number of aryl methyl sites for hydroxylation is 2. The number of amides is 2. The summed E-state index contributed by atoms with van der Waals surface area (Å²) in [6, 6.07) is 9.67. The molecule has 4 heteroatoms. The van der Waals surface area contributed by atoms with E-state index in [0.29, 0.717) is 6.54 Å². The first-order valence-corrected chi connectivity index (χ1v) is 6.55. The van der Waals surface area contributed by atoms with Crippen LogP contribution in [-0.2, 0) is 6.54 Å². The van der Waals surface area contributed by atoms with Gasteiger partial charge in [-0.1, -0.05) is 18.2 Å². The Kier molecular flexibility index (Phi) is 4.35. The molecule has 1 aromatic carbocycles. The molecular weight excluding hydrogens is 250 g/mol. The highest BCUT2D eigenvalue weighted by molar-refractivity contribution is 5.90. The van der Waals surface area contributed by atoms with Crippen LogP contribution in [-0.4, -0.2) is 23.0 Å². The number of aromatic nitrogens is 1. The van der Waals surface area contributed by atoms with Gasteiger partial charge in [0.1, 0.15) is 0 Å². The Labute approximate surface area is 119 Å². The highest BCUT2D eigenvalue weighted by atomic mass is 16.2. The van der Waals surface area contributed by atoms with Crippen molar-refractivity contribution in [2.75, 3.05) is 12.4 Å². The Morgan fingerprint density at radius 3 is 2.35 bits per heavy atom. The van der Waals surface area contributed by atoms with Gasteiger partial charge in [-0.05, 0) is 42.7 Å². The summed E-state index contributed by atoms with van der Waals surface area (Å²) in [5.41, 5.74) is 4.07. The number of nitrogens with zero attached hydrogens (tertiary/aromatic N) is 2. The highest BCUT2D eigenvalue weighted by Crippen LogP contribution is 2.19. The zero-order chi connectivity index (χ0) is 14.5. The first-order chi connectivity index (χ1) is 9.58. The molecule has 0 atom stereocenters. The molecule has 0 saturated heterocycles. The van der Waals surface area contributed by atoms with Crippen LogP contribution in [0.1, 0.15) is 16.7 Å². The molecule has 2 aromatic rings. The summed E-state index contributed by atoms with van der Waals surface area (Å²) in [6.07, 6.45) is 3.46. The maximum absolute atomic E-state index is 12.2. The van der Waals surface area contributed by atoms with Gasteiger partial charge in [-0.2, -0.15) is 0 Å². The van der Waals surface area contributed by atoms with Gasteiger partial charge in [-0.15, -0.1) is 0 Å². The number of para-hydroxylation sites is 1. The Bertz CT molecular complexity index is 576. The molecule has 1 N–H and O–H groups in total. The molecule has 104 valence electrons. The van der Waals surface area contributed by atoms with E-state index in [9.17, 15) is 4.79 Å². The van der Waals surface area contributed by atoms with Crippen molar-refractivity contribution >= 4 is 11.7 Å². The number of nitrogens with one attached hydrogen (secondary N) is 1. The fourth-order valence-corrected chi connectivity index (χ4v) is 2.05. The van der Waals surface area contributed by atoms with E-state index in [0.717, 1.165) is 22.4 Å². The van der Waals surface area contributed by atoms with Crippen LogP contribution in [0.5, 0.6) is 0 Å². The monoisotopic (exact) mass is 269 g/mol. The topological polar surface area (TPSA) is 45.2 Å². The van der Waals surface area contributed by atoms with Crippen LogP contribution in [0.2, 0.25) is 0 Å². The Hall–Kier alpha value is -2.36. The largest absolute Gasteiger partial charge is 0.323 e. The minimum Gasteiger partial charge on any atom is -0.323 e. The lowest BCUT2D eigenvalue weighted by molar-refractivity contribution is 0.220. The second-order valence-electron chi connectivity index (χ2n) is 4.91. The van der Waals surface area contributed by atoms with E-state index in [4.69, 9.17) is 0 Å². The average molecular weight is 269 g/mol. The van der Waals surface area contributed by atoms with Crippen molar-refractivity contribution in [3.63, 3.8) is 0 Å². The van der Waals surface area contributed by atoms with E-state index in [-0.39, 0.29) is 6.03 Å². The number of pyridine rings is 1. The third-order valence-electron chi connectivity index (χ3n) is 3.23. The molecule has 0 radical (unpaired) electrons. The fraction of sp³-hybridized carbons (Fsp3) is 0.250. The summed E-state index contributed by atoms with van der Waals surface area (Å²) in [4.78, 5) is 17.8. The van der Waals surface area contributed by atoms with Gasteiger partial charge >= 0.3 is 6.03 Å². The minimum absolute atomic E-state index is 0.112. The van der Waals surface area contributed by atoms with Gasteiger partial charge in [0.2, 0.25) is 0 Å². The highest BCUT2D eigenvalue weighted by Gasteiger charge is 2.11. The Morgan fingerprint density at radius 1 is 1.15 bits per heavy atom. The molecule has 0 aliphatic heterocycles. The lowest BCUT2D eigenvalue weighted by atomic mass is 10.1. The first-order valence-electron chi connectivity index (χ1n) is 6.55. The van der Waals surface area contributed by atoms with E-state index in [1.165, 1.54) is 0 Å². The molecule has 0 aliphatic carbocycles. The summed E-state index contributed by atoms with van der Waals surface area (Å²) in [5, 5.41) is 2.97. The quantitative estimate of drug-likeness (QED) is 0.928. The smallest absolute Gasteiger partial charge is 0.321 e. The predicted molar refractivity (Wildman–Crippen MR) is 80.6 cm³/mol. The van der Waals surface area contributed by atoms with Crippen LogP contribution in [0.4, 0.5) is 10.5 Å². The van der Waals surface area contributed by atoms with Gasteiger partial charge in [-0.25, -0.2) is 4.79 Å². The van der Waals surface area contributed by atoms with E-state index < -0.39 is 0 Å². The number of hydrogen-bond acceptors (Lipinski definition) is 2. The van der Waals surface area contributed by atoms with Gasteiger partial charge in [-0.3, -0.25) is 4.98 Å². The van der Waals surface area contributed by atoms with E-state index in [1.807, 2.05) is 44.2 Å². The van der Waals surface area contributed by atoms with Crippen molar-refractivity contribution < 1.29 is 4.79 Å². The minimum atomic E-state index is -0.112. The van der Waals surface area contributed by atoms with Crippen LogP contribution in [0.25, 0.3) is 0 Å². The van der Waals surface area contributed by atoms with Gasteiger partial charge < -0.3 is 10.2 Å². The molecule has 20 heavy (non-hydrogen) atoms. The van der Waals surface area contributed by atoms with Crippen molar-refractivity contribution in [1.29, 1.82) is 0 Å². The zero-order valence-corrected chi connectivity index (χ0v) is 12.1. The van der Waals surface area contributed by atoms with E-state index in [1.54, 1.807) is 24.3 Å². The summed E-state index contributed by atoms with van der Waals surface area (Å²) in [5.74, 6) is 0. The second-order valence-corrected chi connectivity index (χ2v) is 4.91. The van der Waals surface area contributed by atoms with Gasteiger partial charge in [0.15, 0.2) is 0 Å². The fourth-order valence-electron chi connectivity index (χ4n) is 2.05. The number of anilines is 1. The lowest BCUT2D eigenvalue weighted by Crippen LogP contribution is -2.31. The molecule has 0 bridgehead atoms. The molecule has 0 fully saturated rings. The van der Waals surface area contributed by atoms with Crippen molar-refractivity contribution in [3.8, 4) is 0 Å². The molecule has 4 nitrogen and oxygen atoms in total. The second kappa shape index (κ2) is 6.19. The normalized spacial score (nSPS) is 10.2. The Balaban J connectivity index is 2.05. The number of benzene rings is 1. The third kappa shape index (κ3) is 3.35. The number of urea groups is 1. The van der Waals surface area contributed by atoms with Crippen LogP contribution in [0, 0.1) is 13.8 Å². The lowest BCUT2D eigenvalue weighted by Gasteiger charge is -2.19. The number of carbonyl (C=O) groups excluding carboxylic acids is 1. The maximum Gasteiger partial charge on any atom is 0.321 e. The van der Waals surface area contributed by atoms with Crippen molar-refractivity contribution in [1.82, 2.24) is 9.88 Å². The van der Waals surface area contributed by atoms with Crippen molar-refractivity contribution in [3.05, 3.63) is 59.4 Å². The molecule has 0 saturated carbocycles. The molecule has 0 spiro atoms. The van der Waals surface area contributed by atoms with Gasteiger partial charge in [0.05, 0.1) is 0 Å². The summed E-state index contributed by atoms with van der Waals surface area (Å²) < 4.78 is 0. The van der Waals surface area contributed by atoms with Crippen LogP contribution in [0.15, 0.2) is 42.7 Å². The number of rotatable bonds is 3. The number of hydrogen-bond donors (Lipinski definition) is 1. The molecule has 2 amide bonds. The predicted octanol–water partition coefficient (Wildman–Crippen LogP) is 3.36. The molecule has 0 aliphatic rings. The average Bonchev–Trinajstić information content (AvgIpc) is 2.44. The summed E-state index contributed by atoms with van der Waals surface area (Å²) >= 11 is 0. The SMILES string of the molecule is Cc1cccc(C)c1NC(=O)N(C)Cc1ccncc1. The third-order valence-corrected chi connectivity index (χ3v) is 3.23. The van der Waals surface area contributed by atoms with Crippen molar-refractivity contribution in [2.24, 2.45) is 0 Å². The maximum atomic E-state index is 12.2. The summed E-state index contributed by atoms with van der Waals surface area (Å²) in [7, 11) is 1.78. The number of carbonyl (C=O) groups is 1. The standard InChI is InChI=1S/C16H19N3O/c1-12-5-4-6-13(2)15(12)18-16(20)19(3)11-14-7-9-17-10-8-14/h4-10H,11H2,1-3H3,(H,18,20).